The van der Waals surface area contributed by atoms with Crippen LogP contribution in [0.25, 0.3) is 0 Å². The molecule has 3 N–H and O–H groups in total. The van der Waals surface area contributed by atoms with Crippen LogP contribution in [0.1, 0.15) is 35.2 Å². The highest BCUT2D eigenvalue weighted by molar-refractivity contribution is 9.10. The van der Waals surface area contributed by atoms with E-state index >= 15 is 0 Å². The minimum absolute atomic E-state index is 0.00600. The molecule has 0 spiro atoms. The highest BCUT2D eigenvalue weighted by Gasteiger charge is 2.35. The summed E-state index contributed by atoms with van der Waals surface area (Å²) in [5.74, 6) is -0.00600. The Labute approximate surface area is 116 Å². The highest BCUT2D eigenvalue weighted by atomic mass is 79.9. The third-order valence-electron chi connectivity index (χ3n) is 3.92. The van der Waals surface area contributed by atoms with Gasteiger partial charge in [-0.3, -0.25) is 4.79 Å². The first-order valence-electron chi connectivity index (χ1n) is 6.31. The summed E-state index contributed by atoms with van der Waals surface area (Å²) >= 11 is 3.39. The maximum Gasteiger partial charge on any atom is 0.251 e. The van der Waals surface area contributed by atoms with Gasteiger partial charge < -0.3 is 11.1 Å². The predicted octanol–water partition coefficient (Wildman–Crippen LogP) is 2.62. The average molecular weight is 311 g/mol. The van der Waals surface area contributed by atoms with Crippen LogP contribution >= 0.6 is 15.9 Å². The molecule has 1 amide bonds. The summed E-state index contributed by atoms with van der Waals surface area (Å²) in [7, 11) is 0. The molecule has 1 aliphatic carbocycles. The number of nitrogens with two attached hydrogens (primary N) is 1. The van der Waals surface area contributed by atoms with Gasteiger partial charge in [-0.2, -0.15) is 0 Å². The van der Waals surface area contributed by atoms with E-state index in [1.807, 2.05) is 25.1 Å². The fraction of sp³-hybridized carbons (Fsp3) is 0.500. The predicted molar refractivity (Wildman–Crippen MR) is 76.6 cm³/mol. The molecule has 1 fully saturated rings. The Morgan fingerprint density at radius 3 is 2.78 bits per heavy atom. The van der Waals surface area contributed by atoms with Gasteiger partial charge in [0, 0.05) is 16.6 Å². The van der Waals surface area contributed by atoms with Gasteiger partial charge in [0.05, 0.1) is 0 Å². The summed E-state index contributed by atoms with van der Waals surface area (Å²) in [6.07, 6.45) is 3.48. The molecule has 3 nitrogen and oxygen atoms in total. The first-order chi connectivity index (χ1) is 8.56. The van der Waals surface area contributed by atoms with Crippen molar-refractivity contribution in [1.82, 2.24) is 5.32 Å². The molecule has 0 unspecified atom stereocenters. The zero-order valence-electron chi connectivity index (χ0n) is 10.6. The Morgan fingerprint density at radius 2 is 2.22 bits per heavy atom. The zero-order valence-corrected chi connectivity index (χ0v) is 12.2. The number of aryl methyl sites for hydroxylation is 1. The molecule has 1 saturated carbocycles. The van der Waals surface area contributed by atoms with Crippen LogP contribution in [-0.4, -0.2) is 19.0 Å². The second-order valence-corrected chi connectivity index (χ2v) is 6.12. The molecular formula is C14H19BrN2O. The first-order valence-corrected chi connectivity index (χ1v) is 7.10. The Kier molecular flexibility index (Phi) is 4.07. The number of carbonyl (C=O) groups is 1. The summed E-state index contributed by atoms with van der Waals surface area (Å²) in [6, 6.07) is 5.75. The Bertz CT molecular complexity index is 450. The van der Waals surface area contributed by atoms with Crippen molar-refractivity contribution in [2.45, 2.75) is 26.2 Å². The van der Waals surface area contributed by atoms with Crippen molar-refractivity contribution in [2.24, 2.45) is 11.1 Å². The van der Waals surface area contributed by atoms with Gasteiger partial charge in [0.1, 0.15) is 0 Å². The molecule has 4 heteroatoms. The number of benzene rings is 1. The number of nitrogens with one attached hydrogen (secondary N) is 1. The molecule has 1 aromatic rings. The van der Waals surface area contributed by atoms with Crippen molar-refractivity contribution in [1.29, 1.82) is 0 Å². The van der Waals surface area contributed by atoms with E-state index in [0.29, 0.717) is 13.1 Å². The minimum atomic E-state index is -0.00600. The number of carbonyl (C=O) groups excluding carboxylic acids is 1. The van der Waals surface area contributed by atoms with E-state index in [1.54, 1.807) is 0 Å². The van der Waals surface area contributed by atoms with Crippen molar-refractivity contribution in [3.8, 4) is 0 Å². The summed E-state index contributed by atoms with van der Waals surface area (Å²) in [5.41, 5.74) is 7.66. The van der Waals surface area contributed by atoms with Gasteiger partial charge in [-0.15, -0.1) is 0 Å². The lowest BCUT2D eigenvalue weighted by Crippen LogP contribution is -2.47. The molecule has 1 aliphatic rings. The minimum Gasteiger partial charge on any atom is -0.351 e. The van der Waals surface area contributed by atoms with E-state index in [0.717, 1.165) is 28.4 Å². The van der Waals surface area contributed by atoms with Crippen molar-refractivity contribution < 1.29 is 4.79 Å². The van der Waals surface area contributed by atoms with Crippen molar-refractivity contribution in [2.75, 3.05) is 13.1 Å². The van der Waals surface area contributed by atoms with Crippen LogP contribution in [0.3, 0.4) is 0 Å². The smallest absolute Gasteiger partial charge is 0.251 e. The van der Waals surface area contributed by atoms with E-state index in [1.165, 1.54) is 6.42 Å². The lowest BCUT2D eigenvalue weighted by molar-refractivity contribution is 0.0875. The Hall–Kier alpha value is -0.870. The zero-order chi connectivity index (χ0) is 13.2. The maximum atomic E-state index is 12.1. The van der Waals surface area contributed by atoms with Gasteiger partial charge in [-0.05, 0) is 49.4 Å². The molecule has 0 saturated heterocycles. The third kappa shape index (κ3) is 2.75. The SMILES string of the molecule is Cc1ccc(Br)cc1C(=O)NCC1(CN)CCC1. The molecule has 2 rings (SSSR count). The second kappa shape index (κ2) is 5.41. The molecule has 0 bridgehead atoms. The number of hydrogen-bond donors (Lipinski definition) is 2. The fourth-order valence-electron chi connectivity index (χ4n) is 2.33. The molecule has 18 heavy (non-hydrogen) atoms. The lowest BCUT2D eigenvalue weighted by atomic mass is 9.69. The van der Waals surface area contributed by atoms with Crippen molar-refractivity contribution in [3.05, 3.63) is 33.8 Å². The van der Waals surface area contributed by atoms with E-state index in [2.05, 4.69) is 21.2 Å². The lowest BCUT2D eigenvalue weighted by Gasteiger charge is -2.41. The molecule has 1 aromatic carbocycles. The fourth-order valence-corrected chi connectivity index (χ4v) is 2.69. The Morgan fingerprint density at radius 1 is 1.50 bits per heavy atom. The first kappa shape index (κ1) is 13.6. The third-order valence-corrected chi connectivity index (χ3v) is 4.41. The quantitative estimate of drug-likeness (QED) is 0.898. The second-order valence-electron chi connectivity index (χ2n) is 5.20. The number of amides is 1. The van der Waals surface area contributed by atoms with Crippen LogP contribution in [0.5, 0.6) is 0 Å². The highest BCUT2D eigenvalue weighted by Crippen LogP contribution is 2.39. The molecule has 0 heterocycles. The normalized spacial score (nSPS) is 17.1. The van der Waals surface area contributed by atoms with E-state index in [-0.39, 0.29) is 11.3 Å². The largest absolute Gasteiger partial charge is 0.351 e. The number of halogens is 1. The summed E-state index contributed by atoms with van der Waals surface area (Å²) in [6.45, 7) is 3.29. The van der Waals surface area contributed by atoms with Gasteiger partial charge in [0.15, 0.2) is 0 Å². The summed E-state index contributed by atoms with van der Waals surface area (Å²) in [5, 5.41) is 3.02. The molecular weight excluding hydrogens is 292 g/mol. The number of hydrogen-bond acceptors (Lipinski definition) is 2. The van der Waals surface area contributed by atoms with Crippen LogP contribution in [0.2, 0.25) is 0 Å². The standard InChI is InChI=1S/C14H19BrN2O/c1-10-3-4-11(15)7-12(10)13(18)17-9-14(8-16)5-2-6-14/h3-4,7H,2,5-6,8-9,16H2,1H3,(H,17,18). The van der Waals surface area contributed by atoms with Crippen LogP contribution < -0.4 is 11.1 Å². The summed E-state index contributed by atoms with van der Waals surface area (Å²) < 4.78 is 0.926. The average Bonchev–Trinajstić information content (AvgIpc) is 2.31. The van der Waals surface area contributed by atoms with Gasteiger partial charge in [0.2, 0.25) is 0 Å². The van der Waals surface area contributed by atoms with E-state index in [4.69, 9.17) is 5.73 Å². The molecule has 98 valence electrons. The molecule has 0 radical (unpaired) electrons. The van der Waals surface area contributed by atoms with Gasteiger partial charge in [-0.25, -0.2) is 0 Å². The molecule has 0 aromatic heterocycles. The van der Waals surface area contributed by atoms with Crippen LogP contribution in [0.15, 0.2) is 22.7 Å². The van der Waals surface area contributed by atoms with E-state index < -0.39 is 0 Å². The van der Waals surface area contributed by atoms with Gasteiger partial charge >= 0.3 is 0 Å². The molecule has 0 atom stereocenters. The maximum absolute atomic E-state index is 12.1. The molecule has 0 aliphatic heterocycles. The van der Waals surface area contributed by atoms with Crippen molar-refractivity contribution >= 4 is 21.8 Å². The topological polar surface area (TPSA) is 55.1 Å². The van der Waals surface area contributed by atoms with Crippen molar-refractivity contribution in [3.63, 3.8) is 0 Å². The van der Waals surface area contributed by atoms with Gasteiger partial charge in [0.25, 0.3) is 5.91 Å². The monoisotopic (exact) mass is 310 g/mol. The van der Waals surface area contributed by atoms with Gasteiger partial charge in [-0.1, -0.05) is 28.4 Å². The summed E-state index contributed by atoms with van der Waals surface area (Å²) in [4.78, 5) is 12.1. The van der Waals surface area contributed by atoms with Crippen LogP contribution in [-0.2, 0) is 0 Å². The Balaban J connectivity index is 2.01. The van der Waals surface area contributed by atoms with E-state index in [9.17, 15) is 4.79 Å². The number of rotatable bonds is 4. The van der Waals surface area contributed by atoms with Crippen LogP contribution in [0, 0.1) is 12.3 Å². The van der Waals surface area contributed by atoms with Crippen LogP contribution in [0.4, 0.5) is 0 Å².